The average molecular weight is 557 g/mol. The summed E-state index contributed by atoms with van der Waals surface area (Å²) in [4.78, 5) is 9.26. The number of nitrogens with two attached hydrogens (primary N) is 1. The molecule has 1 saturated carbocycles. The van der Waals surface area contributed by atoms with Gasteiger partial charge in [0.25, 0.3) is 10.2 Å². The number of nitrogens with zero attached hydrogens (tertiary/aromatic N) is 3. The molecule has 0 unspecified atom stereocenters. The number of benzene rings is 1. The van der Waals surface area contributed by atoms with Gasteiger partial charge < -0.3 is 14.3 Å². The van der Waals surface area contributed by atoms with Crippen molar-refractivity contribution in [3.05, 3.63) is 54.0 Å². The Labute approximate surface area is 226 Å². The van der Waals surface area contributed by atoms with Crippen LogP contribution in [0.25, 0.3) is 11.0 Å². The Morgan fingerprint density at radius 3 is 2.66 bits per heavy atom. The Morgan fingerprint density at radius 2 is 1.92 bits per heavy atom. The molecule has 4 N–H and O–H groups in total. The smallest absolute Gasteiger partial charge is 0.274 e. The molecule has 4 atom stereocenters. The van der Waals surface area contributed by atoms with Gasteiger partial charge in [0, 0.05) is 18.8 Å². The van der Waals surface area contributed by atoms with Crippen LogP contribution in [-0.2, 0) is 21.1 Å². The van der Waals surface area contributed by atoms with E-state index in [4.69, 9.17) is 9.56 Å². The van der Waals surface area contributed by atoms with E-state index in [-0.39, 0.29) is 35.7 Å². The van der Waals surface area contributed by atoms with Gasteiger partial charge >= 0.3 is 0 Å². The first-order valence-electron chi connectivity index (χ1n) is 13.4. The van der Waals surface area contributed by atoms with Crippen LogP contribution in [0.2, 0.25) is 18.1 Å². The summed E-state index contributed by atoms with van der Waals surface area (Å²) in [7, 11) is -5.85. The molecule has 0 spiro atoms. The average Bonchev–Trinajstić information content (AvgIpc) is 3.54. The van der Waals surface area contributed by atoms with Crippen molar-refractivity contribution in [3.8, 4) is 0 Å². The van der Waals surface area contributed by atoms with Crippen molar-refractivity contribution in [1.29, 1.82) is 0 Å². The van der Waals surface area contributed by atoms with E-state index in [1.165, 1.54) is 11.1 Å². The third-order valence-corrected chi connectivity index (χ3v) is 13.8. The van der Waals surface area contributed by atoms with Crippen LogP contribution >= 0.6 is 0 Å². The van der Waals surface area contributed by atoms with Crippen LogP contribution in [0.15, 0.2) is 42.9 Å². The molecule has 9 nitrogen and oxygen atoms in total. The molecule has 0 radical (unpaired) electrons. The van der Waals surface area contributed by atoms with Gasteiger partial charge in [-0.3, -0.25) is 0 Å². The molecule has 0 amide bonds. The molecular formula is C27H40N6O3SSi. The highest BCUT2D eigenvalue weighted by molar-refractivity contribution is 7.87. The van der Waals surface area contributed by atoms with Crippen LogP contribution in [0.4, 0.5) is 5.82 Å². The SMILES string of the molecule is CC(C)(C)[Si](C)(C)O[C@H]1C[C@H](n2ccc3c(N[C@H]4CCc5ccccc54)ncnc32)C[C@H]1CNS(N)(=O)=O. The first-order valence-corrected chi connectivity index (χ1v) is 17.9. The van der Waals surface area contributed by atoms with Gasteiger partial charge in [0.05, 0.1) is 17.5 Å². The molecule has 0 saturated heterocycles. The molecule has 3 aromatic rings. The predicted octanol–water partition coefficient (Wildman–Crippen LogP) is 4.67. The fraction of sp³-hybridized carbons (Fsp3) is 0.556. The normalized spacial score (nSPS) is 24.2. The van der Waals surface area contributed by atoms with E-state index in [2.05, 4.69) is 95.0 Å². The molecule has 2 aliphatic rings. The highest BCUT2D eigenvalue weighted by atomic mass is 32.2. The molecule has 2 aliphatic carbocycles. The second-order valence-electron chi connectivity index (χ2n) is 12.3. The molecule has 1 fully saturated rings. The largest absolute Gasteiger partial charge is 0.414 e. The van der Waals surface area contributed by atoms with E-state index in [0.717, 1.165) is 42.5 Å². The quantitative estimate of drug-likeness (QED) is 0.347. The number of anilines is 1. The number of nitrogens with one attached hydrogen (secondary N) is 2. The lowest BCUT2D eigenvalue weighted by molar-refractivity contribution is 0.141. The minimum atomic E-state index is -3.78. The summed E-state index contributed by atoms with van der Waals surface area (Å²) in [6.07, 6.45) is 7.30. The molecule has 1 aromatic carbocycles. The second kappa shape index (κ2) is 10.0. The molecular weight excluding hydrogens is 516 g/mol. The highest BCUT2D eigenvalue weighted by Gasteiger charge is 2.44. The third-order valence-electron chi connectivity index (χ3n) is 8.75. The third kappa shape index (κ3) is 5.53. The summed E-state index contributed by atoms with van der Waals surface area (Å²) < 4.78 is 34.9. The zero-order valence-corrected chi connectivity index (χ0v) is 24.8. The zero-order valence-electron chi connectivity index (χ0n) is 22.9. The molecule has 0 aliphatic heterocycles. The van der Waals surface area contributed by atoms with Crippen LogP contribution in [0.5, 0.6) is 0 Å². The van der Waals surface area contributed by atoms with Gasteiger partial charge in [-0.2, -0.15) is 8.42 Å². The number of aryl methyl sites for hydroxylation is 1. The van der Waals surface area contributed by atoms with Crippen molar-refractivity contribution < 1.29 is 12.8 Å². The van der Waals surface area contributed by atoms with Crippen LogP contribution in [0.1, 0.15) is 63.2 Å². The molecule has 2 heterocycles. The Kier molecular flexibility index (Phi) is 7.19. The number of aromatic nitrogens is 3. The highest BCUT2D eigenvalue weighted by Crippen LogP contribution is 2.44. The lowest BCUT2D eigenvalue weighted by atomic mass is 10.1. The lowest BCUT2D eigenvalue weighted by Crippen LogP contribution is -2.46. The molecule has 2 aromatic heterocycles. The fourth-order valence-corrected chi connectivity index (χ4v) is 7.52. The summed E-state index contributed by atoms with van der Waals surface area (Å²) >= 11 is 0. The monoisotopic (exact) mass is 556 g/mol. The van der Waals surface area contributed by atoms with Crippen LogP contribution < -0.4 is 15.2 Å². The van der Waals surface area contributed by atoms with Gasteiger partial charge in [-0.05, 0) is 66.9 Å². The topological polar surface area (TPSA) is 124 Å². The van der Waals surface area contributed by atoms with E-state index in [1.807, 2.05) is 0 Å². The molecule has 11 heteroatoms. The fourth-order valence-electron chi connectivity index (χ4n) is 5.68. The van der Waals surface area contributed by atoms with Gasteiger partial charge in [0.15, 0.2) is 8.32 Å². The van der Waals surface area contributed by atoms with Crippen molar-refractivity contribution >= 4 is 35.4 Å². The standard InChI is InChI=1S/C27H40N6O3SSi/c1-27(2,3)38(4,5)36-24-15-20(14-19(24)16-31-37(28,34)35)33-13-12-22-25(29-17-30-26(22)33)32-23-11-10-18-8-6-7-9-21(18)23/h6-9,12-13,17,19-20,23-24,31H,10-11,14-16H2,1-5H3,(H2,28,34,35)(H,29,30,32)/t19-,20+,23-,24-/m0/s1. The molecule has 0 bridgehead atoms. The first-order chi connectivity index (χ1) is 17.8. The Hall–Kier alpha value is -2.31. The number of hydrogen-bond acceptors (Lipinski definition) is 6. The zero-order chi connectivity index (χ0) is 27.3. The van der Waals surface area contributed by atoms with Crippen molar-refractivity contribution in [3.63, 3.8) is 0 Å². The van der Waals surface area contributed by atoms with Crippen molar-refractivity contribution in [2.45, 2.75) is 82.8 Å². The predicted molar refractivity (Wildman–Crippen MR) is 154 cm³/mol. The summed E-state index contributed by atoms with van der Waals surface area (Å²) in [5.74, 6) is 0.856. The van der Waals surface area contributed by atoms with Crippen molar-refractivity contribution in [2.75, 3.05) is 11.9 Å². The van der Waals surface area contributed by atoms with Crippen LogP contribution in [0, 0.1) is 5.92 Å². The maximum atomic E-state index is 11.7. The van der Waals surface area contributed by atoms with Gasteiger partial charge in [-0.1, -0.05) is 45.0 Å². The molecule has 206 valence electrons. The van der Waals surface area contributed by atoms with Gasteiger partial charge in [0.2, 0.25) is 0 Å². The number of rotatable bonds is 8. The maximum absolute atomic E-state index is 11.7. The van der Waals surface area contributed by atoms with E-state index in [1.54, 1.807) is 6.33 Å². The second-order valence-corrected chi connectivity index (χ2v) is 18.4. The van der Waals surface area contributed by atoms with Gasteiger partial charge in [-0.25, -0.2) is 19.8 Å². The number of fused-ring (bicyclic) bond motifs is 2. The minimum absolute atomic E-state index is 0.0133. The number of hydrogen-bond donors (Lipinski definition) is 3. The van der Waals surface area contributed by atoms with E-state index in [9.17, 15) is 8.42 Å². The molecule has 38 heavy (non-hydrogen) atoms. The van der Waals surface area contributed by atoms with E-state index in [0.29, 0.717) is 0 Å². The Bertz CT molecular complexity index is 1420. The lowest BCUT2D eigenvalue weighted by Gasteiger charge is -2.39. The van der Waals surface area contributed by atoms with Crippen molar-refractivity contribution in [2.24, 2.45) is 11.1 Å². The van der Waals surface area contributed by atoms with E-state index < -0.39 is 18.5 Å². The maximum Gasteiger partial charge on any atom is 0.274 e. The first kappa shape index (κ1) is 27.3. The summed E-state index contributed by atoms with van der Waals surface area (Å²) in [6, 6.07) is 11.0. The van der Waals surface area contributed by atoms with Gasteiger partial charge in [0.1, 0.15) is 17.8 Å². The van der Waals surface area contributed by atoms with E-state index >= 15 is 0 Å². The molecule has 5 rings (SSSR count). The van der Waals surface area contributed by atoms with Crippen molar-refractivity contribution in [1.82, 2.24) is 19.3 Å². The Balaban J connectivity index is 1.40. The van der Waals surface area contributed by atoms with Gasteiger partial charge in [-0.15, -0.1) is 0 Å². The minimum Gasteiger partial charge on any atom is -0.414 e. The Morgan fingerprint density at radius 1 is 1.16 bits per heavy atom. The van der Waals surface area contributed by atoms with Crippen LogP contribution in [0.3, 0.4) is 0 Å². The van der Waals surface area contributed by atoms with Crippen LogP contribution in [-0.4, -0.2) is 43.9 Å². The summed E-state index contributed by atoms with van der Waals surface area (Å²) in [5.41, 5.74) is 3.61. The summed E-state index contributed by atoms with van der Waals surface area (Å²) in [5, 5.41) is 9.99. The summed E-state index contributed by atoms with van der Waals surface area (Å²) in [6.45, 7) is 11.4.